The van der Waals surface area contributed by atoms with Crippen molar-refractivity contribution in [2.24, 2.45) is 5.73 Å². The average molecular weight is 158 g/mol. The monoisotopic (exact) mass is 157 g/mol. The molecule has 2 nitrogen and oxygen atoms in total. The van der Waals surface area contributed by atoms with Crippen LogP contribution in [-0.2, 0) is 0 Å². The topological polar surface area (TPSA) is 46.2 Å². The summed E-state index contributed by atoms with van der Waals surface area (Å²) in [6, 6.07) is 0. The quantitative estimate of drug-likeness (QED) is 0.613. The Morgan fingerprint density at radius 3 is 2.00 bits per heavy atom. The molecule has 0 saturated heterocycles. The van der Waals surface area contributed by atoms with E-state index in [4.69, 9.17) is 10.8 Å². The summed E-state index contributed by atoms with van der Waals surface area (Å²) in [4.78, 5) is 0. The van der Waals surface area contributed by atoms with Crippen molar-refractivity contribution in [3.05, 3.63) is 0 Å². The lowest BCUT2D eigenvalue weighted by Crippen LogP contribution is -2.37. The molecule has 0 aromatic carbocycles. The Balaban J connectivity index is 0. The van der Waals surface area contributed by atoms with Gasteiger partial charge in [0.25, 0.3) is 0 Å². The van der Waals surface area contributed by atoms with E-state index in [9.17, 15) is 4.39 Å². The molecule has 4 heteroatoms. The van der Waals surface area contributed by atoms with E-state index < -0.39 is 11.8 Å². The Morgan fingerprint density at radius 2 is 2.00 bits per heavy atom. The zero-order valence-electron chi connectivity index (χ0n) is 5.60. The lowest BCUT2D eigenvalue weighted by molar-refractivity contribution is 0.0240. The molecule has 0 amide bonds. The predicted octanol–water partition coefficient (Wildman–Crippen LogP) is 0.476. The number of rotatable bonds is 2. The molecule has 0 heterocycles. The second kappa shape index (κ2) is 4.04. The van der Waals surface area contributed by atoms with Crippen LogP contribution < -0.4 is 5.73 Å². The Kier molecular flexibility index (Phi) is 5.33. The summed E-state index contributed by atoms with van der Waals surface area (Å²) < 4.78 is 12.5. The molecule has 0 radical (unpaired) electrons. The van der Waals surface area contributed by atoms with Crippen LogP contribution in [-0.4, -0.2) is 23.4 Å². The van der Waals surface area contributed by atoms with E-state index in [1.807, 2.05) is 0 Å². The van der Waals surface area contributed by atoms with Crippen LogP contribution in [0.1, 0.15) is 13.8 Å². The predicted molar refractivity (Wildman–Crippen MR) is 37.5 cm³/mol. The molecule has 0 bridgehead atoms. The van der Waals surface area contributed by atoms with E-state index in [1.165, 1.54) is 13.8 Å². The van der Waals surface area contributed by atoms with E-state index in [1.54, 1.807) is 0 Å². The minimum absolute atomic E-state index is 0. The highest BCUT2D eigenvalue weighted by molar-refractivity contribution is 5.85. The van der Waals surface area contributed by atoms with Crippen LogP contribution in [0.2, 0.25) is 0 Å². The van der Waals surface area contributed by atoms with Crippen LogP contribution in [0, 0.1) is 0 Å². The van der Waals surface area contributed by atoms with Crippen molar-refractivity contribution in [1.29, 1.82) is 0 Å². The molecule has 3 N–H and O–H groups in total. The van der Waals surface area contributed by atoms with Gasteiger partial charge in [0.05, 0.1) is 6.10 Å². The zero-order valence-corrected chi connectivity index (χ0v) is 6.41. The lowest BCUT2D eigenvalue weighted by Gasteiger charge is -2.19. The Hall–Kier alpha value is 0.140. The first-order valence-electron chi connectivity index (χ1n) is 2.55. The molecule has 0 aliphatic rings. The first-order chi connectivity index (χ1) is 3.48. The van der Waals surface area contributed by atoms with Gasteiger partial charge in [-0.3, -0.25) is 0 Å². The van der Waals surface area contributed by atoms with Crippen LogP contribution in [0.15, 0.2) is 0 Å². The summed E-state index contributed by atoms with van der Waals surface area (Å²) in [5.41, 5.74) is 3.41. The standard InChI is InChI=1S/C5H12FNO.ClH/c1-5(2,6)4(8)3-7;/h4,8H,3,7H2,1-2H3;1H. The third-order valence-electron chi connectivity index (χ3n) is 1.02. The summed E-state index contributed by atoms with van der Waals surface area (Å²) in [5.74, 6) is 0. The average Bonchev–Trinajstić information content (AvgIpc) is 1.62. The molecule has 1 atom stereocenters. The second-order valence-corrected chi connectivity index (χ2v) is 2.32. The highest BCUT2D eigenvalue weighted by atomic mass is 35.5. The van der Waals surface area contributed by atoms with Crippen molar-refractivity contribution < 1.29 is 9.50 Å². The van der Waals surface area contributed by atoms with Crippen molar-refractivity contribution >= 4 is 12.4 Å². The second-order valence-electron chi connectivity index (χ2n) is 2.32. The number of alkyl halides is 1. The van der Waals surface area contributed by atoms with Crippen molar-refractivity contribution in [1.82, 2.24) is 0 Å². The highest BCUT2D eigenvalue weighted by Gasteiger charge is 2.24. The van der Waals surface area contributed by atoms with Gasteiger partial charge >= 0.3 is 0 Å². The summed E-state index contributed by atoms with van der Waals surface area (Å²) >= 11 is 0. The summed E-state index contributed by atoms with van der Waals surface area (Å²) in [5, 5.41) is 8.69. The Bertz CT molecular complexity index is 73.8. The molecule has 0 aromatic heterocycles. The van der Waals surface area contributed by atoms with Crippen molar-refractivity contribution in [3.8, 4) is 0 Å². The molecule has 9 heavy (non-hydrogen) atoms. The molecule has 0 spiro atoms. The molecule has 0 aliphatic heterocycles. The van der Waals surface area contributed by atoms with Crippen LogP contribution in [0.25, 0.3) is 0 Å². The van der Waals surface area contributed by atoms with Crippen molar-refractivity contribution in [3.63, 3.8) is 0 Å². The molecule has 0 aliphatic carbocycles. The van der Waals surface area contributed by atoms with E-state index in [-0.39, 0.29) is 19.0 Å². The van der Waals surface area contributed by atoms with Crippen molar-refractivity contribution in [2.75, 3.05) is 6.54 Å². The zero-order chi connectivity index (χ0) is 6.78. The maximum atomic E-state index is 12.5. The van der Waals surface area contributed by atoms with Crippen LogP contribution in [0.4, 0.5) is 4.39 Å². The third kappa shape index (κ3) is 4.63. The number of aliphatic hydroxyl groups excluding tert-OH is 1. The molecule has 58 valence electrons. The van der Waals surface area contributed by atoms with E-state index in [0.717, 1.165) is 0 Å². The van der Waals surface area contributed by atoms with Gasteiger partial charge in [0.1, 0.15) is 5.67 Å². The molecular formula is C5H13ClFNO. The van der Waals surface area contributed by atoms with Gasteiger partial charge in [-0.05, 0) is 13.8 Å². The Labute approximate surface area is 60.7 Å². The highest BCUT2D eigenvalue weighted by Crippen LogP contribution is 2.12. The van der Waals surface area contributed by atoms with Gasteiger partial charge in [0.15, 0.2) is 0 Å². The van der Waals surface area contributed by atoms with Gasteiger partial charge in [-0.1, -0.05) is 0 Å². The van der Waals surface area contributed by atoms with Crippen molar-refractivity contribution in [2.45, 2.75) is 25.6 Å². The fraction of sp³-hybridized carbons (Fsp3) is 1.00. The molecule has 1 unspecified atom stereocenters. The van der Waals surface area contributed by atoms with Crippen LogP contribution in [0.5, 0.6) is 0 Å². The Morgan fingerprint density at radius 1 is 1.67 bits per heavy atom. The number of hydrogen-bond acceptors (Lipinski definition) is 2. The maximum Gasteiger partial charge on any atom is 0.132 e. The maximum absolute atomic E-state index is 12.5. The minimum atomic E-state index is -1.56. The first kappa shape index (κ1) is 11.9. The summed E-state index contributed by atoms with van der Waals surface area (Å²) in [6.45, 7) is 2.57. The van der Waals surface area contributed by atoms with Gasteiger partial charge in [0, 0.05) is 6.54 Å². The number of halogens is 2. The summed E-state index contributed by atoms with van der Waals surface area (Å²) in [6.07, 6.45) is -1.04. The molecular weight excluding hydrogens is 145 g/mol. The third-order valence-corrected chi connectivity index (χ3v) is 1.02. The SMILES string of the molecule is CC(C)(F)C(O)CN.Cl. The first-order valence-corrected chi connectivity index (χ1v) is 2.55. The molecule has 0 fully saturated rings. The van der Waals surface area contributed by atoms with E-state index in [0.29, 0.717) is 0 Å². The lowest BCUT2D eigenvalue weighted by atomic mass is 10.1. The molecule has 0 aromatic rings. The number of aliphatic hydroxyl groups is 1. The molecule has 0 rings (SSSR count). The van der Waals surface area contributed by atoms with Gasteiger partial charge in [0.2, 0.25) is 0 Å². The van der Waals surface area contributed by atoms with Gasteiger partial charge in [-0.25, -0.2) is 4.39 Å². The van der Waals surface area contributed by atoms with Crippen LogP contribution in [0.3, 0.4) is 0 Å². The smallest absolute Gasteiger partial charge is 0.132 e. The minimum Gasteiger partial charge on any atom is -0.388 e. The number of hydrogen-bond donors (Lipinski definition) is 2. The van der Waals surface area contributed by atoms with Gasteiger partial charge in [-0.2, -0.15) is 0 Å². The van der Waals surface area contributed by atoms with Crippen LogP contribution >= 0.6 is 12.4 Å². The van der Waals surface area contributed by atoms with E-state index in [2.05, 4.69) is 0 Å². The fourth-order valence-corrected chi connectivity index (χ4v) is 0.280. The summed E-state index contributed by atoms with van der Waals surface area (Å²) in [7, 11) is 0. The fourth-order valence-electron chi connectivity index (χ4n) is 0.280. The normalized spacial score (nSPS) is 14.3. The largest absolute Gasteiger partial charge is 0.388 e. The van der Waals surface area contributed by atoms with Gasteiger partial charge < -0.3 is 10.8 Å². The van der Waals surface area contributed by atoms with Gasteiger partial charge in [-0.15, -0.1) is 12.4 Å². The molecule has 0 saturated carbocycles. The van der Waals surface area contributed by atoms with E-state index >= 15 is 0 Å². The number of nitrogens with two attached hydrogens (primary N) is 1.